The zero-order valence-electron chi connectivity index (χ0n) is 15.2. The van der Waals surface area contributed by atoms with Crippen molar-refractivity contribution >= 4 is 11.9 Å². The van der Waals surface area contributed by atoms with Crippen molar-refractivity contribution in [3.05, 3.63) is 47.7 Å². The number of allylic oxidation sites excluding steroid dienone is 1. The molecule has 25 heavy (non-hydrogen) atoms. The van der Waals surface area contributed by atoms with Gasteiger partial charge in [-0.1, -0.05) is 30.3 Å². The van der Waals surface area contributed by atoms with Gasteiger partial charge in [0, 0.05) is 24.4 Å². The van der Waals surface area contributed by atoms with Gasteiger partial charge in [-0.15, -0.1) is 0 Å². The van der Waals surface area contributed by atoms with Crippen molar-refractivity contribution in [3.8, 4) is 0 Å². The number of rotatable bonds is 6. The SMILES string of the molecule is CCOC(=O)/C=C1\CC[C@@H](C(=O)OCC)[C@@H](C)N1Cc1ccccc1. The molecule has 1 saturated heterocycles. The summed E-state index contributed by atoms with van der Waals surface area (Å²) in [6.45, 7) is 7.00. The molecule has 0 spiro atoms. The van der Waals surface area contributed by atoms with Gasteiger partial charge in [-0.05, 0) is 39.2 Å². The van der Waals surface area contributed by atoms with E-state index in [0.29, 0.717) is 32.6 Å². The molecule has 2 rings (SSSR count). The van der Waals surface area contributed by atoms with E-state index in [-0.39, 0.29) is 23.9 Å². The normalized spacial score (nSPS) is 21.9. The minimum Gasteiger partial charge on any atom is -0.466 e. The van der Waals surface area contributed by atoms with Crippen molar-refractivity contribution < 1.29 is 19.1 Å². The third-order valence-corrected chi connectivity index (χ3v) is 4.51. The summed E-state index contributed by atoms with van der Waals surface area (Å²) in [6, 6.07) is 9.99. The van der Waals surface area contributed by atoms with Gasteiger partial charge < -0.3 is 14.4 Å². The number of benzene rings is 1. The third kappa shape index (κ3) is 5.08. The molecule has 0 aliphatic carbocycles. The largest absolute Gasteiger partial charge is 0.466 e. The molecule has 0 amide bonds. The first-order valence-corrected chi connectivity index (χ1v) is 8.91. The number of carbonyl (C=O) groups is 2. The van der Waals surface area contributed by atoms with Crippen LogP contribution in [0.1, 0.15) is 39.2 Å². The maximum absolute atomic E-state index is 12.3. The zero-order valence-corrected chi connectivity index (χ0v) is 15.2. The summed E-state index contributed by atoms with van der Waals surface area (Å²) < 4.78 is 10.3. The first-order valence-electron chi connectivity index (χ1n) is 8.91. The molecule has 1 aromatic rings. The summed E-state index contributed by atoms with van der Waals surface area (Å²) in [6.07, 6.45) is 2.89. The summed E-state index contributed by atoms with van der Waals surface area (Å²) in [5, 5.41) is 0. The maximum Gasteiger partial charge on any atom is 0.332 e. The molecule has 1 aromatic carbocycles. The molecule has 0 bridgehead atoms. The van der Waals surface area contributed by atoms with E-state index in [1.54, 1.807) is 13.0 Å². The van der Waals surface area contributed by atoms with Crippen LogP contribution in [0.3, 0.4) is 0 Å². The molecule has 1 heterocycles. The van der Waals surface area contributed by atoms with E-state index in [9.17, 15) is 9.59 Å². The number of hydrogen-bond acceptors (Lipinski definition) is 5. The van der Waals surface area contributed by atoms with Crippen LogP contribution in [0.5, 0.6) is 0 Å². The number of likely N-dealkylation sites (tertiary alicyclic amines) is 1. The second-order valence-corrected chi connectivity index (χ2v) is 6.14. The molecule has 0 N–H and O–H groups in total. The molecular weight excluding hydrogens is 318 g/mol. The lowest BCUT2D eigenvalue weighted by Gasteiger charge is -2.41. The van der Waals surface area contributed by atoms with E-state index >= 15 is 0 Å². The molecule has 0 saturated carbocycles. The second kappa shape index (κ2) is 9.25. The lowest BCUT2D eigenvalue weighted by atomic mass is 9.87. The molecule has 5 heteroatoms. The lowest BCUT2D eigenvalue weighted by molar-refractivity contribution is -0.151. The van der Waals surface area contributed by atoms with Gasteiger partial charge in [0.2, 0.25) is 0 Å². The van der Waals surface area contributed by atoms with Gasteiger partial charge in [0.05, 0.1) is 19.1 Å². The van der Waals surface area contributed by atoms with Crippen molar-refractivity contribution in [3.63, 3.8) is 0 Å². The standard InChI is InChI=1S/C20H27NO4/c1-4-24-19(22)13-17-11-12-18(20(23)25-5-2)15(3)21(17)14-16-9-7-6-8-10-16/h6-10,13,15,18H,4-5,11-12,14H2,1-3H3/b17-13+/t15-,18-/m1/s1. The van der Waals surface area contributed by atoms with E-state index in [0.717, 1.165) is 11.3 Å². The zero-order chi connectivity index (χ0) is 18.2. The Balaban J connectivity index is 2.24. The highest BCUT2D eigenvalue weighted by atomic mass is 16.5. The smallest absolute Gasteiger partial charge is 0.332 e. The van der Waals surface area contributed by atoms with Crippen molar-refractivity contribution in [2.24, 2.45) is 5.92 Å². The molecule has 2 atom stereocenters. The van der Waals surface area contributed by atoms with Gasteiger partial charge in [0.15, 0.2) is 0 Å². The van der Waals surface area contributed by atoms with Gasteiger partial charge in [0.25, 0.3) is 0 Å². The van der Waals surface area contributed by atoms with Crippen LogP contribution in [0, 0.1) is 5.92 Å². The van der Waals surface area contributed by atoms with Crippen LogP contribution in [0.15, 0.2) is 42.1 Å². The summed E-state index contributed by atoms with van der Waals surface area (Å²) >= 11 is 0. The predicted molar refractivity (Wildman–Crippen MR) is 95.5 cm³/mol. The van der Waals surface area contributed by atoms with E-state index < -0.39 is 0 Å². The number of nitrogens with zero attached hydrogens (tertiary/aromatic N) is 1. The van der Waals surface area contributed by atoms with E-state index in [1.165, 1.54) is 0 Å². The Kier molecular flexibility index (Phi) is 7.04. The van der Waals surface area contributed by atoms with Gasteiger partial charge in [-0.25, -0.2) is 4.79 Å². The molecular formula is C20H27NO4. The quantitative estimate of drug-likeness (QED) is 0.585. The average molecular weight is 345 g/mol. The molecule has 1 aliphatic rings. The topological polar surface area (TPSA) is 55.8 Å². The molecule has 5 nitrogen and oxygen atoms in total. The second-order valence-electron chi connectivity index (χ2n) is 6.14. The highest BCUT2D eigenvalue weighted by molar-refractivity contribution is 5.83. The highest BCUT2D eigenvalue weighted by Gasteiger charge is 2.36. The number of hydrogen-bond donors (Lipinski definition) is 0. The summed E-state index contributed by atoms with van der Waals surface area (Å²) in [7, 11) is 0. The minimum atomic E-state index is -0.336. The number of ether oxygens (including phenoxy) is 2. The fourth-order valence-corrected chi connectivity index (χ4v) is 3.23. The van der Waals surface area contributed by atoms with Crippen LogP contribution in [0.4, 0.5) is 0 Å². The van der Waals surface area contributed by atoms with Crippen LogP contribution < -0.4 is 0 Å². The lowest BCUT2D eigenvalue weighted by Crippen LogP contribution is -2.45. The molecule has 0 aromatic heterocycles. The van der Waals surface area contributed by atoms with E-state index in [4.69, 9.17) is 9.47 Å². The fourth-order valence-electron chi connectivity index (χ4n) is 3.23. The van der Waals surface area contributed by atoms with Crippen molar-refractivity contribution in [2.45, 2.75) is 46.2 Å². The Hall–Kier alpha value is -2.30. The van der Waals surface area contributed by atoms with Gasteiger partial charge in [0.1, 0.15) is 0 Å². The Morgan fingerprint density at radius 3 is 2.48 bits per heavy atom. The molecule has 136 valence electrons. The third-order valence-electron chi connectivity index (χ3n) is 4.51. The average Bonchev–Trinajstić information content (AvgIpc) is 2.59. The predicted octanol–water partition coefficient (Wildman–Crippen LogP) is 3.30. The van der Waals surface area contributed by atoms with E-state index in [2.05, 4.69) is 4.90 Å². The summed E-state index contributed by atoms with van der Waals surface area (Å²) in [5.41, 5.74) is 2.05. The Bertz CT molecular complexity index is 611. The number of carbonyl (C=O) groups excluding carboxylic acids is 2. The first kappa shape index (κ1) is 19.0. The van der Waals surface area contributed by atoms with Gasteiger partial charge in [-0.3, -0.25) is 4.79 Å². The fraction of sp³-hybridized carbons (Fsp3) is 0.500. The van der Waals surface area contributed by atoms with Crippen LogP contribution in [-0.2, 0) is 25.6 Å². The Morgan fingerprint density at radius 2 is 1.84 bits per heavy atom. The minimum absolute atomic E-state index is 0.0475. The molecule has 1 aliphatic heterocycles. The van der Waals surface area contributed by atoms with Crippen molar-refractivity contribution in [1.29, 1.82) is 0 Å². The van der Waals surface area contributed by atoms with Gasteiger partial charge >= 0.3 is 11.9 Å². The van der Waals surface area contributed by atoms with Crippen molar-refractivity contribution in [1.82, 2.24) is 4.90 Å². The van der Waals surface area contributed by atoms with Crippen LogP contribution in [0.2, 0.25) is 0 Å². The maximum atomic E-state index is 12.3. The molecule has 1 fully saturated rings. The van der Waals surface area contributed by atoms with Crippen LogP contribution in [0.25, 0.3) is 0 Å². The highest BCUT2D eigenvalue weighted by Crippen LogP contribution is 2.33. The monoisotopic (exact) mass is 345 g/mol. The van der Waals surface area contributed by atoms with Crippen molar-refractivity contribution in [2.75, 3.05) is 13.2 Å². The van der Waals surface area contributed by atoms with Gasteiger partial charge in [-0.2, -0.15) is 0 Å². The van der Waals surface area contributed by atoms with Crippen LogP contribution >= 0.6 is 0 Å². The summed E-state index contributed by atoms with van der Waals surface area (Å²) in [4.78, 5) is 26.3. The molecule has 0 radical (unpaired) electrons. The molecule has 0 unspecified atom stereocenters. The Labute approximate surface area is 149 Å². The first-order chi connectivity index (χ1) is 12.1. The van der Waals surface area contributed by atoms with Crippen LogP contribution in [-0.4, -0.2) is 36.1 Å². The summed E-state index contributed by atoms with van der Waals surface area (Å²) in [5.74, 6) is -0.691. The van der Waals surface area contributed by atoms with E-state index in [1.807, 2.05) is 44.2 Å². The number of esters is 2. The Morgan fingerprint density at radius 1 is 1.16 bits per heavy atom. The number of piperidine rings is 1.